The van der Waals surface area contributed by atoms with Gasteiger partial charge in [-0.15, -0.1) is 0 Å². The number of rotatable bonds is 6. The minimum Gasteiger partial charge on any atom is -0.486 e. The lowest BCUT2D eigenvalue weighted by atomic mass is 9.90. The van der Waals surface area contributed by atoms with Gasteiger partial charge >= 0.3 is 0 Å². The van der Waals surface area contributed by atoms with Crippen LogP contribution in [0.3, 0.4) is 0 Å². The summed E-state index contributed by atoms with van der Waals surface area (Å²) in [5, 5.41) is 5.30. The van der Waals surface area contributed by atoms with Gasteiger partial charge < -0.3 is 9.26 Å². The summed E-state index contributed by atoms with van der Waals surface area (Å²) in [6.45, 7) is 2.36. The lowest BCUT2D eigenvalue weighted by Gasteiger charge is -2.14. The summed E-state index contributed by atoms with van der Waals surface area (Å²) in [4.78, 5) is 4.25. The Hall–Kier alpha value is -2.82. The van der Waals surface area contributed by atoms with Crippen molar-refractivity contribution in [2.24, 2.45) is 0 Å². The van der Waals surface area contributed by atoms with Crippen LogP contribution in [0.1, 0.15) is 29.7 Å². The molecule has 0 aliphatic rings. The number of halogens is 2. The Morgan fingerprint density at radius 3 is 2.55 bits per heavy atom. The van der Waals surface area contributed by atoms with Crippen LogP contribution in [-0.4, -0.2) is 10.1 Å². The van der Waals surface area contributed by atoms with Crippen LogP contribution >= 0.6 is 23.2 Å². The Balaban J connectivity index is 1.74. The highest BCUT2D eigenvalue weighted by atomic mass is 35.5. The molecule has 6 heteroatoms. The number of hydrogen-bond acceptors (Lipinski definition) is 4. The second kappa shape index (κ2) is 8.68. The SMILES string of the molecule is CC(c1cccnc1)c1c(-c2ccc(Cl)c(Cl)c2)noc1COc1ccccc1. The van der Waals surface area contributed by atoms with Crippen molar-refractivity contribution in [3.05, 3.63) is 100.0 Å². The van der Waals surface area contributed by atoms with E-state index in [0.29, 0.717) is 21.5 Å². The molecule has 0 N–H and O–H groups in total. The van der Waals surface area contributed by atoms with E-state index in [1.54, 1.807) is 18.3 Å². The molecule has 0 saturated carbocycles. The fourth-order valence-corrected chi connectivity index (χ4v) is 3.50. The summed E-state index contributed by atoms with van der Waals surface area (Å²) >= 11 is 12.3. The molecular weight excluding hydrogens is 407 g/mol. The highest BCUT2D eigenvalue weighted by molar-refractivity contribution is 6.42. The molecule has 1 atom stereocenters. The number of hydrogen-bond donors (Lipinski definition) is 0. The summed E-state index contributed by atoms with van der Waals surface area (Å²) in [5.41, 5.74) is 3.54. The minimum absolute atomic E-state index is 0.00576. The van der Waals surface area contributed by atoms with Gasteiger partial charge in [0, 0.05) is 29.4 Å². The van der Waals surface area contributed by atoms with Crippen LogP contribution in [0.4, 0.5) is 0 Å². The molecule has 0 radical (unpaired) electrons. The van der Waals surface area contributed by atoms with Crippen LogP contribution < -0.4 is 4.74 Å². The summed E-state index contributed by atoms with van der Waals surface area (Å²) in [5.74, 6) is 1.42. The molecule has 1 unspecified atom stereocenters. The Kier molecular flexibility index (Phi) is 5.84. The number of nitrogens with zero attached hydrogens (tertiary/aromatic N) is 2. The highest BCUT2D eigenvalue weighted by Gasteiger charge is 2.25. The van der Waals surface area contributed by atoms with Crippen LogP contribution in [0, 0.1) is 0 Å². The van der Waals surface area contributed by atoms with E-state index >= 15 is 0 Å². The van der Waals surface area contributed by atoms with E-state index in [-0.39, 0.29) is 12.5 Å². The number of para-hydroxylation sites is 1. The summed E-state index contributed by atoms with van der Waals surface area (Å²) in [7, 11) is 0. The standard InChI is InChI=1S/C23H18Cl2N2O2/c1-15(17-6-5-11-26-13-17)22-21(14-28-18-7-3-2-4-8-18)29-27-23(22)16-9-10-19(24)20(25)12-16/h2-13,15H,14H2,1H3. The third-order valence-corrected chi connectivity index (χ3v) is 5.47. The molecule has 0 saturated heterocycles. The maximum atomic E-state index is 6.24. The maximum Gasteiger partial charge on any atom is 0.178 e. The normalized spacial score (nSPS) is 12.0. The summed E-state index contributed by atoms with van der Waals surface area (Å²) in [6, 6.07) is 19.0. The molecule has 146 valence electrons. The van der Waals surface area contributed by atoms with Crippen molar-refractivity contribution in [3.63, 3.8) is 0 Å². The van der Waals surface area contributed by atoms with Gasteiger partial charge in [0.15, 0.2) is 5.76 Å². The molecule has 29 heavy (non-hydrogen) atoms. The van der Waals surface area contributed by atoms with Crippen molar-refractivity contribution >= 4 is 23.2 Å². The maximum absolute atomic E-state index is 6.24. The third-order valence-electron chi connectivity index (χ3n) is 4.73. The van der Waals surface area contributed by atoms with E-state index in [2.05, 4.69) is 17.1 Å². The smallest absolute Gasteiger partial charge is 0.178 e. The van der Waals surface area contributed by atoms with Crippen LogP contribution in [0.2, 0.25) is 10.0 Å². The monoisotopic (exact) mass is 424 g/mol. The average Bonchev–Trinajstić information content (AvgIpc) is 3.19. The van der Waals surface area contributed by atoms with Gasteiger partial charge in [0.05, 0.1) is 10.0 Å². The van der Waals surface area contributed by atoms with Gasteiger partial charge in [0.25, 0.3) is 0 Å². The van der Waals surface area contributed by atoms with Gasteiger partial charge in [-0.3, -0.25) is 4.98 Å². The van der Waals surface area contributed by atoms with Crippen molar-refractivity contribution in [3.8, 4) is 17.0 Å². The van der Waals surface area contributed by atoms with Crippen molar-refractivity contribution < 1.29 is 9.26 Å². The van der Waals surface area contributed by atoms with E-state index in [1.165, 1.54) is 0 Å². The molecule has 0 amide bonds. The second-order valence-electron chi connectivity index (χ2n) is 6.61. The van der Waals surface area contributed by atoms with Crippen molar-refractivity contribution in [2.45, 2.75) is 19.4 Å². The molecule has 2 heterocycles. The molecule has 2 aromatic heterocycles. The first-order chi connectivity index (χ1) is 14.1. The lowest BCUT2D eigenvalue weighted by molar-refractivity contribution is 0.247. The van der Waals surface area contributed by atoms with Crippen LogP contribution in [-0.2, 0) is 6.61 Å². The molecule has 4 nitrogen and oxygen atoms in total. The van der Waals surface area contributed by atoms with Gasteiger partial charge in [-0.1, -0.05) is 65.6 Å². The van der Waals surface area contributed by atoms with E-state index in [0.717, 1.165) is 22.4 Å². The van der Waals surface area contributed by atoms with Crippen molar-refractivity contribution in [2.75, 3.05) is 0 Å². The molecule has 0 bridgehead atoms. The number of ether oxygens (including phenoxy) is 1. The van der Waals surface area contributed by atoms with Crippen LogP contribution in [0.25, 0.3) is 11.3 Å². The molecule has 0 spiro atoms. The fraction of sp³-hybridized carbons (Fsp3) is 0.130. The highest BCUT2D eigenvalue weighted by Crippen LogP contribution is 2.37. The molecule has 2 aromatic carbocycles. The number of pyridine rings is 1. The zero-order valence-corrected chi connectivity index (χ0v) is 17.2. The van der Waals surface area contributed by atoms with E-state index in [9.17, 15) is 0 Å². The van der Waals surface area contributed by atoms with Gasteiger partial charge in [-0.05, 0) is 35.9 Å². The Labute approximate surface area is 179 Å². The van der Waals surface area contributed by atoms with E-state index < -0.39 is 0 Å². The van der Waals surface area contributed by atoms with Crippen LogP contribution in [0.5, 0.6) is 5.75 Å². The quantitative estimate of drug-likeness (QED) is 0.342. The first-order valence-corrected chi connectivity index (χ1v) is 9.90. The first-order valence-electron chi connectivity index (χ1n) is 9.15. The topological polar surface area (TPSA) is 48.2 Å². The molecule has 4 rings (SSSR count). The molecular formula is C23H18Cl2N2O2. The Morgan fingerprint density at radius 1 is 1.00 bits per heavy atom. The fourth-order valence-electron chi connectivity index (χ4n) is 3.20. The first kappa shape index (κ1) is 19.5. The largest absolute Gasteiger partial charge is 0.486 e. The van der Waals surface area contributed by atoms with Crippen molar-refractivity contribution in [1.82, 2.24) is 10.1 Å². The van der Waals surface area contributed by atoms with Gasteiger partial charge in [-0.25, -0.2) is 0 Å². The molecule has 0 aliphatic heterocycles. The van der Waals surface area contributed by atoms with Gasteiger partial charge in [-0.2, -0.15) is 0 Å². The zero-order valence-electron chi connectivity index (χ0n) is 15.7. The predicted octanol–water partition coefficient (Wildman–Crippen LogP) is 6.77. The Bertz CT molecular complexity index is 1100. The Morgan fingerprint density at radius 2 is 1.83 bits per heavy atom. The lowest BCUT2D eigenvalue weighted by Crippen LogP contribution is -2.04. The van der Waals surface area contributed by atoms with Gasteiger partial charge in [0.1, 0.15) is 18.1 Å². The second-order valence-corrected chi connectivity index (χ2v) is 7.42. The minimum atomic E-state index is -0.00576. The van der Waals surface area contributed by atoms with Crippen LogP contribution in [0.15, 0.2) is 77.6 Å². The van der Waals surface area contributed by atoms with Crippen molar-refractivity contribution in [1.29, 1.82) is 0 Å². The molecule has 0 aliphatic carbocycles. The van der Waals surface area contributed by atoms with E-state index in [1.807, 2.05) is 54.7 Å². The summed E-state index contributed by atoms with van der Waals surface area (Å²) in [6.07, 6.45) is 3.60. The number of aromatic nitrogens is 2. The van der Waals surface area contributed by atoms with E-state index in [4.69, 9.17) is 32.5 Å². The summed E-state index contributed by atoms with van der Waals surface area (Å²) < 4.78 is 11.6. The number of benzene rings is 2. The third kappa shape index (κ3) is 4.29. The zero-order chi connectivity index (χ0) is 20.2. The van der Waals surface area contributed by atoms with Gasteiger partial charge in [0.2, 0.25) is 0 Å². The molecule has 4 aromatic rings. The average molecular weight is 425 g/mol. The predicted molar refractivity (Wildman–Crippen MR) is 114 cm³/mol. The molecule has 0 fully saturated rings.